The van der Waals surface area contributed by atoms with Gasteiger partial charge in [-0.05, 0) is 50.3 Å². The number of nitrogens with one attached hydrogen (secondary N) is 1. The van der Waals surface area contributed by atoms with Gasteiger partial charge in [-0.2, -0.15) is 5.10 Å². The second kappa shape index (κ2) is 5.94. The van der Waals surface area contributed by atoms with Crippen LogP contribution < -0.4 is 5.32 Å². The number of nitrogens with zero attached hydrogens (tertiary/aromatic N) is 2. The van der Waals surface area contributed by atoms with Crippen molar-refractivity contribution in [1.82, 2.24) is 9.78 Å². The van der Waals surface area contributed by atoms with E-state index in [1.54, 1.807) is 0 Å². The van der Waals surface area contributed by atoms with Crippen LogP contribution in [0.2, 0.25) is 5.02 Å². The summed E-state index contributed by atoms with van der Waals surface area (Å²) in [5, 5.41) is 9.19. The largest absolute Gasteiger partial charge is 0.372 e. The molecule has 1 aromatic carbocycles. The Morgan fingerprint density at radius 1 is 1.27 bits per heavy atom. The van der Waals surface area contributed by atoms with E-state index in [9.17, 15) is 0 Å². The van der Waals surface area contributed by atoms with Crippen molar-refractivity contribution < 1.29 is 4.74 Å². The maximum atomic E-state index is 6.16. The molecule has 0 aliphatic carbocycles. The van der Waals surface area contributed by atoms with Crippen LogP contribution in [0.1, 0.15) is 43.0 Å². The van der Waals surface area contributed by atoms with Crippen LogP contribution in [0.25, 0.3) is 5.69 Å². The Kier molecular flexibility index (Phi) is 3.80. The quantitative estimate of drug-likeness (QED) is 0.905. The summed E-state index contributed by atoms with van der Waals surface area (Å²) in [4.78, 5) is 0. The molecule has 1 unspecified atom stereocenters. The molecule has 2 aliphatic heterocycles. The number of halogens is 1. The summed E-state index contributed by atoms with van der Waals surface area (Å²) in [6.45, 7) is 1.83. The van der Waals surface area contributed by atoms with Gasteiger partial charge in [-0.15, -0.1) is 0 Å². The van der Waals surface area contributed by atoms with Crippen LogP contribution in [0.5, 0.6) is 0 Å². The van der Waals surface area contributed by atoms with Crippen LogP contribution in [-0.2, 0) is 11.2 Å². The molecular weight excluding hydrogens is 298 g/mol. The third-order valence-corrected chi connectivity index (χ3v) is 4.68. The molecule has 3 heterocycles. The first-order chi connectivity index (χ1) is 10.8. The maximum absolute atomic E-state index is 6.16. The second-order valence-electron chi connectivity index (χ2n) is 5.99. The van der Waals surface area contributed by atoms with Gasteiger partial charge in [0.15, 0.2) is 0 Å². The minimum absolute atomic E-state index is 0.147. The normalized spacial score (nSPS) is 21.2. The van der Waals surface area contributed by atoms with Crippen molar-refractivity contribution in [2.45, 2.75) is 38.2 Å². The first-order valence-electron chi connectivity index (χ1n) is 8.06. The molecule has 0 radical (unpaired) electrons. The lowest BCUT2D eigenvalue weighted by Gasteiger charge is -2.09. The number of aromatic nitrogens is 2. The summed E-state index contributed by atoms with van der Waals surface area (Å²) < 4.78 is 7.89. The molecule has 1 saturated heterocycles. The molecule has 1 aromatic heterocycles. The van der Waals surface area contributed by atoms with Crippen molar-refractivity contribution in [3.05, 3.63) is 40.5 Å². The fraction of sp³-hybridized carbons (Fsp3) is 0.471. The Labute approximate surface area is 135 Å². The number of benzene rings is 1. The van der Waals surface area contributed by atoms with Crippen LogP contribution in [0.4, 0.5) is 5.82 Å². The molecule has 1 N–H and O–H groups in total. The van der Waals surface area contributed by atoms with Crippen LogP contribution >= 0.6 is 11.6 Å². The topological polar surface area (TPSA) is 39.1 Å². The van der Waals surface area contributed by atoms with E-state index < -0.39 is 0 Å². The first-order valence-corrected chi connectivity index (χ1v) is 8.44. The molecule has 4 rings (SSSR count). The van der Waals surface area contributed by atoms with Crippen LogP contribution in [0.3, 0.4) is 0 Å². The Balaban J connectivity index is 1.83. The van der Waals surface area contributed by atoms with Crippen molar-refractivity contribution in [3.63, 3.8) is 0 Å². The van der Waals surface area contributed by atoms with Crippen molar-refractivity contribution in [2.24, 2.45) is 0 Å². The molecule has 0 saturated carbocycles. The first kappa shape index (κ1) is 14.1. The average Bonchev–Trinajstić information content (AvgIpc) is 3.09. The molecule has 0 spiro atoms. The number of hydrogen-bond donors (Lipinski definition) is 1. The molecule has 2 aliphatic rings. The third-order valence-electron chi connectivity index (χ3n) is 4.45. The van der Waals surface area contributed by atoms with E-state index in [0.29, 0.717) is 0 Å². The van der Waals surface area contributed by atoms with E-state index in [-0.39, 0.29) is 6.10 Å². The molecular formula is C17H20ClN3O. The molecule has 2 aromatic rings. The van der Waals surface area contributed by atoms with E-state index in [1.807, 2.05) is 28.9 Å². The highest BCUT2D eigenvalue weighted by Gasteiger charge is 2.28. The SMILES string of the molecule is Clc1cccc(-n2nc(C3CCCO3)c3c2NCCCC3)c1. The van der Waals surface area contributed by atoms with E-state index in [2.05, 4.69) is 5.32 Å². The highest BCUT2D eigenvalue weighted by Crippen LogP contribution is 2.36. The van der Waals surface area contributed by atoms with E-state index in [1.165, 1.54) is 18.4 Å². The van der Waals surface area contributed by atoms with Gasteiger partial charge in [0, 0.05) is 23.7 Å². The third kappa shape index (κ3) is 2.50. The average molecular weight is 318 g/mol. The lowest BCUT2D eigenvalue weighted by molar-refractivity contribution is 0.107. The van der Waals surface area contributed by atoms with Gasteiger partial charge in [0.25, 0.3) is 0 Å². The number of ether oxygens (including phenoxy) is 1. The van der Waals surface area contributed by atoms with Gasteiger partial charge in [-0.25, -0.2) is 4.68 Å². The lowest BCUT2D eigenvalue weighted by Crippen LogP contribution is -2.07. The molecule has 4 nitrogen and oxygen atoms in total. The van der Waals surface area contributed by atoms with Crippen molar-refractivity contribution in [3.8, 4) is 5.69 Å². The Bertz CT molecular complexity index is 677. The number of fused-ring (bicyclic) bond motifs is 1. The minimum Gasteiger partial charge on any atom is -0.372 e. The zero-order chi connectivity index (χ0) is 14.9. The summed E-state index contributed by atoms with van der Waals surface area (Å²) in [5.74, 6) is 1.12. The second-order valence-corrected chi connectivity index (χ2v) is 6.43. The van der Waals surface area contributed by atoms with Crippen molar-refractivity contribution >= 4 is 17.4 Å². The molecule has 1 fully saturated rings. The standard InChI is InChI=1S/C17H20ClN3O/c18-12-5-3-6-13(11-12)21-17-14(7-1-2-9-19-17)16(20-21)15-8-4-10-22-15/h3,5-6,11,15,19H,1-2,4,7-10H2. The maximum Gasteiger partial charge on any atom is 0.133 e. The van der Waals surface area contributed by atoms with Gasteiger partial charge >= 0.3 is 0 Å². The van der Waals surface area contributed by atoms with Gasteiger partial charge < -0.3 is 10.1 Å². The highest BCUT2D eigenvalue weighted by molar-refractivity contribution is 6.30. The van der Waals surface area contributed by atoms with Gasteiger partial charge in [-0.3, -0.25) is 0 Å². The van der Waals surface area contributed by atoms with E-state index in [0.717, 1.165) is 54.6 Å². The highest BCUT2D eigenvalue weighted by atomic mass is 35.5. The van der Waals surface area contributed by atoms with Gasteiger partial charge in [0.05, 0.1) is 11.4 Å². The zero-order valence-corrected chi connectivity index (χ0v) is 13.3. The Morgan fingerprint density at radius 3 is 3.05 bits per heavy atom. The Hall–Kier alpha value is -1.52. The van der Waals surface area contributed by atoms with Gasteiger partial charge in [0.1, 0.15) is 11.9 Å². The van der Waals surface area contributed by atoms with E-state index >= 15 is 0 Å². The lowest BCUT2D eigenvalue weighted by atomic mass is 10.0. The minimum atomic E-state index is 0.147. The number of anilines is 1. The summed E-state index contributed by atoms with van der Waals surface area (Å²) in [6.07, 6.45) is 5.79. The summed E-state index contributed by atoms with van der Waals surface area (Å²) >= 11 is 6.16. The zero-order valence-electron chi connectivity index (χ0n) is 12.5. The molecule has 0 bridgehead atoms. The number of rotatable bonds is 2. The monoisotopic (exact) mass is 317 g/mol. The summed E-state index contributed by atoms with van der Waals surface area (Å²) in [5.41, 5.74) is 3.44. The molecule has 0 amide bonds. The van der Waals surface area contributed by atoms with Crippen LogP contribution in [0, 0.1) is 0 Å². The van der Waals surface area contributed by atoms with Crippen molar-refractivity contribution in [2.75, 3.05) is 18.5 Å². The van der Waals surface area contributed by atoms with Gasteiger partial charge in [0.2, 0.25) is 0 Å². The Morgan fingerprint density at radius 2 is 2.23 bits per heavy atom. The van der Waals surface area contributed by atoms with Crippen LogP contribution in [-0.4, -0.2) is 22.9 Å². The molecule has 22 heavy (non-hydrogen) atoms. The smallest absolute Gasteiger partial charge is 0.133 e. The molecule has 116 valence electrons. The van der Waals surface area contributed by atoms with E-state index in [4.69, 9.17) is 21.4 Å². The van der Waals surface area contributed by atoms with Crippen molar-refractivity contribution in [1.29, 1.82) is 0 Å². The molecule has 5 heteroatoms. The number of hydrogen-bond acceptors (Lipinski definition) is 3. The fourth-order valence-electron chi connectivity index (χ4n) is 3.38. The fourth-order valence-corrected chi connectivity index (χ4v) is 3.56. The van der Waals surface area contributed by atoms with Gasteiger partial charge in [-0.1, -0.05) is 17.7 Å². The van der Waals surface area contributed by atoms with Crippen LogP contribution in [0.15, 0.2) is 24.3 Å². The predicted octanol–water partition coefficient (Wildman–Crippen LogP) is 4.13. The molecule has 1 atom stereocenters. The summed E-state index contributed by atoms with van der Waals surface area (Å²) in [7, 11) is 0. The predicted molar refractivity (Wildman–Crippen MR) is 87.9 cm³/mol. The summed E-state index contributed by atoms with van der Waals surface area (Å²) in [6, 6.07) is 7.86.